The van der Waals surface area contributed by atoms with Crippen LogP contribution in [0, 0.1) is 12.8 Å². The summed E-state index contributed by atoms with van der Waals surface area (Å²) in [4.78, 5) is 31.8. The molecule has 0 aliphatic carbocycles. The van der Waals surface area contributed by atoms with Crippen molar-refractivity contribution in [1.82, 2.24) is 9.80 Å². The Morgan fingerprint density at radius 2 is 1.61 bits per heavy atom. The van der Waals surface area contributed by atoms with E-state index >= 15 is 0 Å². The molecule has 1 heterocycles. The average Bonchev–Trinajstić information content (AvgIpc) is 3.03. The number of amides is 2. The molecule has 28 heavy (non-hydrogen) atoms. The summed E-state index contributed by atoms with van der Waals surface area (Å²) in [5.41, 5.74) is 1.09. The number of carbonyl (C=O) groups excluding carboxylic acids is 2. The zero-order chi connectivity index (χ0) is 20.7. The SMILES string of the molecule is Cc1ccc(CN(Cc2ccccc2)C(=O)CN(C(=O)CC(C)C)C(C)C)s1. The van der Waals surface area contributed by atoms with Crippen molar-refractivity contribution in [3.63, 3.8) is 0 Å². The second-order valence-electron chi connectivity index (χ2n) is 7.96. The monoisotopic (exact) mass is 400 g/mol. The van der Waals surface area contributed by atoms with Crippen LogP contribution in [0.1, 0.15) is 49.4 Å². The van der Waals surface area contributed by atoms with Gasteiger partial charge in [0.15, 0.2) is 0 Å². The van der Waals surface area contributed by atoms with Gasteiger partial charge in [0.25, 0.3) is 0 Å². The van der Waals surface area contributed by atoms with Crippen molar-refractivity contribution >= 4 is 23.2 Å². The van der Waals surface area contributed by atoms with Gasteiger partial charge < -0.3 is 9.80 Å². The first-order chi connectivity index (χ1) is 13.3. The van der Waals surface area contributed by atoms with Crippen LogP contribution in [-0.2, 0) is 22.7 Å². The number of nitrogens with zero attached hydrogens (tertiary/aromatic N) is 2. The highest BCUT2D eigenvalue weighted by atomic mass is 32.1. The molecule has 5 heteroatoms. The molecule has 2 amide bonds. The summed E-state index contributed by atoms with van der Waals surface area (Å²) >= 11 is 1.71. The van der Waals surface area contributed by atoms with E-state index in [2.05, 4.69) is 19.1 Å². The summed E-state index contributed by atoms with van der Waals surface area (Å²) in [6, 6.07) is 14.2. The van der Waals surface area contributed by atoms with E-state index in [0.717, 1.165) is 10.4 Å². The third-order valence-corrected chi connectivity index (χ3v) is 5.53. The van der Waals surface area contributed by atoms with Crippen LogP contribution in [0.15, 0.2) is 42.5 Å². The quantitative estimate of drug-likeness (QED) is 0.603. The van der Waals surface area contributed by atoms with E-state index in [9.17, 15) is 9.59 Å². The Kier molecular flexibility index (Phi) is 8.24. The molecule has 0 radical (unpaired) electrons. The molecule has 0 atom stereocenters. The minimum atomic E-state index is -0.0132. The normalized spacial score (nSPS) is 11.1. The van der Waals surface area contributed by atoms with E-state index in [1.807, 2.05) is 62.9 Å². The topological polar surface area (TPSA) is 40.6 Å². The van der Waals surface area contributed by atoms with Crippen molar-refractivity contribution in [3.8, 4) is 0 Å². The number of rotatable bonds is 9. The fourth-order valence-electron chi connectivity index (χ4n) is 3.07. The zero-order valence-corrected chi connectivity index (χ0v) is 18.5. The molecular weight excluding hydrogens is 368 g/mol. The van der Waals surface area contributed by atoms with Crippen LogP contribution < -0.4 is 0 Å². The summed E-state index contributed by atoms with van der Waals surface area (Å²) < 4.78 is 0. The van der Waals surface area contributed by atoms with Crippen molar-refractivity contribution in [1.29, 1.82) is 0 Å². The van der Waals surface area contributed by atoms with Crippen molar-refractivity contribution in [3.05, 3.63) is 57.8 Å². The Labute approximate surface area is 173 Å². The lowest BCUT2D eigenvalue weighted by Crippen LogP contribution is -2.45. The van der Waals surface area contributed by atoms with Crippen molar-refractivity contribution < 1.29 is 9.59 Å². The first-order valence-electron chi connectivity index (χ1n) is 9.92. The number of hydrogen-bond acceptors (Lipinski definition) is 3. The van der Waals surface area contributed by atoms with Gasteiger partial charge in [-0.3, -0.25) is 9.59 Å². The number of aryl methyl sites for hydroxylation is 1. The molecule has 0 aliphatic rings. The molecule has 0 N–H and O–H groups in total. The van der Waals surface area contributed by atoms with E-state index in [0.29, 0.717) is 19.5 Å². The van der Waals surface area contributed by atoms with E-state index < -0.39 is 0 Å². The van der Waals surface area contributed by atoms with Gasteiger partial charge in [0, 0.05) is 28.8 Å². The van der Waals surface area contributed by atoms with Crippen LogP contribution in [0.4, 0.5) is 0 Å². The Balaban J connectivity index is 2.17. The molecule has 0 unspecified atom stereocenters. The molecule has 0 aliphatic heterocycles. The predicted molar refractivity (Wildman–Crippen MR) is 116 cm³/mol. The molecule has 1 aromatic heterocycles. The Morgan fingerprint density at radius 1 is 0.929 bits per heavy atom. The van der Waals surface area contributed by atoms with E-state index in [-0.39, 0.29) is 30.3 Å². The molecule has 0 saturated heterocycles. The first kappa shape index (κ1) is 22.2. The third kappa shape index (κ3) is 6.79. The molecule has 2 aromatic rings. The van der Waals surface area contributed by atoms with Gasteiger partial charge in [0.1, 0.15) is 0 Å². The zero-order valence-electron chi connectivity index (χ0n) is 17.6. The van der Waals surface area contributed by atoms with Gasteiger partial charge in [0.2, 0.25) is 11.8 Å². The van der Waals surface area contributed by atoms with Crippen LogP contribution >= 0.6 is 11.3 Å². The summed E-state index contributed by atoms with van der Waals surface area (Å²) in [6.45, 7) is 11.3. The number of hydrogen-bond donors (Lipinski definition) is 0. The molecule has 2 rings (SSSR count). The molecule has 0 fully saturated rings. The van der Waals surface area contributed by atoms with Gasteiger partial charge in [-0.15, -0.1) is 11.3 Å². The highest BCUT2D eigenvalue weighted by Gasteiger charge is 2.24. The van der Waals surface area contributed by atoms with Gasteiger partial charge in [0.05, 0.1) is 13.1 Å². The molecule has 0 saturated carbocycles. The average molecular weight is 401 g/mol. The summed E-state index contributed by atoms with van der Waals surface area (Å²) in [5, 5.41) is 0. The Bertz CT molecular complexity index is 768. The highest BCUT2D eigenvalue weighted by Crippen LogP contribution is 2.19. The Morgan fingerprint density at radius 3 is 2.14 bits per heavy atom. The van der Waals surface area contributed by atoms with Crippen LogP contribution in [0.25, 0.3) is 0 Å². The fraction of sp³-hybridized carbons (Fsp3) is 0.478. The van der Waals surface area contributed by atoms with Crippen molar-refractivity contribution in [2.24, 2.45) is 5.92 Å². The summed E-state index contributed by atoms with van der Waals surface area (Å²) in [6.07, 6.45) is 0.467. The third-order valence-electron chi connectivity index (χ3n) is 4.54. The minimum Gasteiger partial charge on any atom is -0.332 e. The molecule has 152 valence electrons. The van der Waals surface area contributed by atoms with Crippen molar-refractivity contribution in [2.75, 3.05) is 6.54 Å². The first-order valence-corrected chi connectivity index (χ1v) is 10.7. The van der Waals surface area contributed by atoms with Gasteiger partial charge in [-0.25, -0.2) is 0 Å². The molecule has 4 nitrogen and oxygen atoms in total. The van der Waals surface area contributed by atoms with E-state index in [1.54, 1.807) is 16.2 Å². The van der Waals surface area contributed by atoms with Crippen LogP contribution in [0.2, 0.25) is 0 Å². The van der Waals surface area contributed by atoms with E-state index in [1.165, 1.54) is 4.88 Å². The van der Waals surface area contributed by atoms with Gasteiger partial charge in [-0.05, 0) is 44.4 Å². The maximum Gasteiger partial charge on any atom is 0.242 e. The maximum atomic E-state index is 13.2. The minimum absolute atomic E-state index is 0.00208. The standard InChI is InChI=1S/C23H32N2O2S/c1-17(2)13-22(26)25(18(3)4)16-23(27)24(14-20-9-7-6-8-10-20)15-21-12-11-19(5)28-21/h6-12,17-18H,13-16H2,1-5H3. The van der Waals surface area contributed by atoms with Gasteiger partial charge in [-0.2, -0.15) is 0 Å². The lowest BCUT2D eigenvalue weighted by Gasteiger charge is -2.30. The van der Waals surface area contributed by atoms with Crippen LogP contribution in [0.5, 0.6) is 0 Å². The van der Waals surface area contributed by atoms with Crippen molar-refractivity contribution in [2.45, 2.75) is 60.2 Å². The van der Waals surface area contributed by atoms with Gasteiger partial charge >= 0.3 is 0 Å². The number of carbonyl (C=O) groups is 2. The summed E-state index contributed by atoms with van der Waals surface area (Å²) in [7, 11) is 0. The van der Waals surface area contributed by atoms with E-state index in [4.69, 9.17) is 0 Å². The smallest absolute Gasteiger partial charge is 0.242 e. The predicted octanol–water partition coefficient (Wildman–Crippen LogP) is 4.87. The van der Waals surface area contributed by atoms with Gasteiger partial charge in [-0.1, -0.05) is 44.2 Å². The highest BCUT2D eigenvalue weighted by molar-refractivity contribution is 7.11. The lowest BCUT2D eigenvalue weighted by atomic mass is 10.1. The van der Waals surface area contributed by atoms with Crippen LogP contribution in [-0.4, -0.2) is 34.2 Å². The Hall–Kier alpha value is -2.14. The number of thiophene rings is 1. The lowest BCUT2D eigenvalue weighted by molar-refractivity contribution is -0.143. The molecule has 0 bridgehead atoms. The number of benzene rings is 1. The molecule has 1 aromatic carbocycles. The maximum absolute atomic E-state index is 13.2. The van der Waals surface area contributed by atoms with Crippen LogP contribution in [0.3, 0.4) is 0 Å². The fourth-order valence-corrected chi connectivity index (χ4v) is 3.97. The second-order valence-corrected chi connectivity index (χ2v) is 9.33. The summed E-state index contributed by atoms with van der Waals surface area (Å²) in [5.74, 6) is 0.309. The second kappa shape index (κ2) is 10.4. The largest absolute Gasteiger partial charge is 0.332 e. The molecular formula is C23H32N2O2S. The molecule has 0 spiro atoms.